The minimum absolute atomic E-state index is 0.148. The maximum atomic E-state index is 9.51. The van der Waals surface area contributed by atoms with Gasteiger partial charge in [0.25, 0.3) is 0 Å². The summed E-state index contributed by atoms with van der Waals surface area (Å²) in [5, 5.41) is 20.9. The van der Waals surface area contributed by atoms with Gasteiger partial charge in [-0.05, 0) is 55.9 Å². The van der Waals surface area contributed by atoms with Crippen LogP contribution in [0.25, 0.3) is 11.4 Å². The van der Waals surface area contributed by atoms with Gasteiger partial charge in [0.1, 0.15) is 6.54 Å². The van der Waals surface area contributed by atoms with Gasteiger partial charge >= 0.3 is 0 Å². The molecule has 158 valence electrons. The van der Waals surface area contributed by atoms with Crippen LogP contribution in [0.4, 0.5) is 0 Å². The largest absolute Gasteiger partial charge is 0.396 e. The lowest BCUT2D eigenvalue weighted by Crippen LogP contribution is -2.44. The number of nitrogens with zero attached hydrogens (tertiary/aromatic N) is 3. The van der Waals surface area contributed by atoms with Crippen molar-refractivity contribution >= 4 is 17.6 Å². The summed E-state index contributed by atoms with van der Waals surface area (Å²) in [6.07, 6.45) is 6.86. The first-order valence-corrected chi connectivity index (χ1v) is 10.7. The van der Waals surface area contributed by atoms with Crippen LogP contribution < -0.4 is 10.6 Å². The van der Waals surface area contributed by atoms with E-state index >= 15 is 0 Å². The average Bonchev–Trinajstić information content (AvgIpc) is 3.21. The number of aliphatic hydroxyl groups is 1. The van der Waals surface area contributed by atoms with E-state index in [1.54, 1.807) is 12.1 Å². The Morgan fingerprint density at radius 3 is 2.66 bits per heavy atom. The van der Waals surface area contributed by atoms with E-state index in [4.69, 9.17) is 16.1 Å². The number of guanidine groups is 1. The zero-order chi connectivity index (χ0) is 20.5. The summed E-state index contributed by atoms with van der Waals surface area (Å²) in [5.74, 6) is 1.70. The van der Waals surface area contributed by atoms with Crippen molar-refractivity contribution in [1.82, 2.24) is 20.8 Å². The molecule has 1 aromatic carbocycles. The standard InChI is InChI=1S/C21H30ClN5O2/c1-2-23-20(25-15-21(12-13-28)10-4-3-5-11-21)24-14-18-26-19(27-29-18)16-6-8-17(22)9-7-16/h6-9,28H,2-5,10-15H2,1H3,(H2,23,24,25). The molecule has 3 N–H and O–H groups in total. The third-order valence-corrected chi connectivity index (χ3v) is 5.73. The average molecular weight is 420 g/mol. The highest BCUT2D eigenvalue weighted by atomic mass is 35.5. The molecule has 8 heteroatoms. The Kier molecular flexibility index (Phi) is 7.89. The Hall–Kier alpha value is -2.12. The zero-order valence-corrected chi connectivity index (χ0v) is 17.7. The summed E-state index contributed by atoms with van der Waals surface area (Å²) in [5.41, 5.74) is 0.997. The molecule has 29 heavy (non-hydrogen) atoms. The zero-order valence-electron chi connectivity index (χ0n) is 17.0. The molecule has 0 amide bonds. The Bertz CT molecular complexity index is 779. The van der Waals surface area contributed by atoms with Crippen molar-refractivity contribution in [3.8, 4) is 11.4 Å². The van der Waals surface area contributed by atoms with Crippen molar-refractivity contribution in [2.24, 2.45) is 10.4 Å². The van der Waals surface area contributed by atoms with Crippen molar-refractivity contribution in [3.63, 3.8) is 0 Å². The highest BCUT2D eigenvalue weighted by Crippen LogP contribution is 2.38. The summed E-state index contributed by atoms with van der Waals surface area (Å²) in [7, 11) is 0. The first kappa shape index (κ1) is 21.6. The first-order chi connectivity index (χ1) is 14.1. The molecule has 1 aliphatic rings. The van der Waals surface area contributed by atoms with Crippen LogP contribution in [0.1, 0.15) is 51.3 Å². The number of hydrogen-bond donors (Lipinski definition) is 3. The number of aromatic nitrogens is 2. The van der Waals surface area contributed by atoms with Crippen molar-refractivity contribution in [3.05, 3.63) is 35.2 Å². The summed E-state index contributed by atoms with van der Waals surface area (Å²) < 4.78 is 5.34. The predicted molar refractivity (Wildman–Crippen MR) is 115 cm³/mol. The number of benzene rings is 1. The smallest absolute Gasteiger partial charge is 0.248 e. The van der Waals surface area contributed by atoms with Gasteiger partial charge in [-0.15, -0.1) is 0 Å². The number of rotatable bonds is 8. The van der Waals surface area contributed by atoms with Gasteiger partial charge in [0, 0.05) is 30.3 Å². The van der Waals surface area contributed by atoms with E-state index in [1.807, 2.05) is 19.1 Å². The molecular weight excluding hydrogens is 390 g/mol. The summed E-state index contributed by atoms with van der Waals surface area (Å²) in [6, 6.07) is 7.31. The molecule has 1 heterocycles. The molecular formula is C21H30ClN5O2. The van der Waals surface area contributed by atoms with E-state index in [0.717, 1.165) is 43.9 Å². The number of aliphatic hydroxyl groups excluding tert-OH is 1. The SMILES string of the molecule is CCNC(=NCc1nc(-c2ccc(Cl)cc2)no1)NCC1(CCO)CCCCC1. The summed E-state index contributed by atoms with van der Waals surface area (Å²) >= 11 is 5.92. The van der Waals surface area contributed by atoms with Crippen LogP contribution in [0, 0.1) is 5.41 Å². The van der Waals surface area contributed by atoms with Crippen molar-refractivity contribution < 1.29 is 9.63 Å². The summed E-state index contributed by atoms with van der Waals surface area (Å²) in [6.45, 7) is 4.12. The molecule has 0 spiro atoms. The second-order valence-corrected chi connectivity index (χ2v) is 8.04. The van der Waals surface area contributed by atoms with Gasteiger partial charge in [-0.25, -0.2) is 4.99 Å². The van der Waals surface area contributed by atoms with Gasteiger partial charge in [-0.3, -0.25) is 0 Å². The topological polar surface area (TPSA) is 95.6 Å². The van der Waals surface area contributed by atoms with Crippen molar-refractivity contribution in [1.29, 1.82) is 0 Å². The van der Waals surface area contributed by atoms with Crippen molar-refractivity contribution in [2.45, 2.75) is 52.0 Å². The summed E-state index contributed by atoms with van der Waals surface area (Å²) in [4.78, 5) is 9.01. The number of nitrogens with one attached hydrogen (secondary N) is 2. The van der Waals surface area contributed by atoms with Crippen LogP contribution >= 0.6 is 11.6 Å². The minimum Gasteiger partial charge on any atom is -0.396 e. The molecule has 1 fully saturated rings. The molecule has 7 nitrogen and oxygen atoms in total. The van der Waals surface area contributed by atoms with Gasteiger partial charge < -0.3 is 20.3 Å². The fourth-order valence-corrected chi connectivity index (χ4v) is 3.98. The lowest BCUT2D eigenvalue weighted by molar-refractivity contribution is 0.131. The van der Waals surface area contributed by atoms with Gasteiger partial charge in [-0.2, -0.15) is 4.98 Å². The molecule has 1 saturated carbocycles. The van der Waals surface area contributed by atoms with Gasteiger partial charge in [0.2, 0.25) is 11.7 Å². The van der Waals surface area contributed by atoms with Gasteiger partial charge in [0.05, 0.1) is 0 Å². The lowest BCUT2D eigenvalue weighted by atomic mass is 9.72. The Morgan fingerprint density at radius 1 is 1.21 bits per heavy atom. The van der Waals surface area contributed by atoms with Crippen LogP contribution in [0.15, 0.2) is 33.8 Å². The fourth-order valence-electron chi connectivity index (χ4n) is 3.85. The Labute approximate surface area is 177 Å². The first-order valence-electron chi connectivity index (χ1n) is 10.4. The van der Waals surface area contributed by atoms with E-state index in [9.17, 15) is 5.11 Å². The Balaban J connectivity index is 1.62. The van der Waals surface area contributed by atoms with Crippen LogP contribution in [0.5, 0.6) is 0 Å². The molecule has 3 rings (SSSR count). The van der Waals surface area contributed by atoms with E-state index < -0.39 is 0 Å². The van der Waals surface area contributed by atoms with Crippen molar-refractivity contribution in [2.75, 3.05) is 19.7 Å². The monoisotopic (exact) mass is 419 g/mol. The predicted octanol–water partition coefficient (Wildman–Crippen LogP) is 3.78. The van der Waals surface area contributed by atoms with Gasteiger partial charge in [-0.1, -0.05) is 36.0 Å². The van der Waals surface area contributed by atoms with Crippen LogP contribution in [-0.2, 0) is 6.54 Å². The number of halogens is 1. The fraction of sp³-hybridized carbons (Fsp3) is 0.571. The quantitative estimate of drug-likeness (QED) is 0.445. The molecule has 0 saturated heterocycles. The minimum atomic E-state index is 0.148. The van der Waals surface area contributed by atoms with Crippen LogP contribution in [0.2, 0.25) is 5.02 Å². The van der Waals surface area contributed by atoms with Gasteiger partial charge in [0.15, 0.2) is 5.96 Å². The molecule has 1 aliphatic carbocycles. The number of aliphatic imine (C=N–C) groups is 1. The molecule has 1 aromatic heterocycles. The van der Waals surface area contributed by atoms with E-state index in [1.165, 1.54) is 19.3 Å². The second-order valence-electron chi connectivity index (χ2n) is 7.60. The molecule has 0 aliphatic heterocycles. The maximum Gasteiger partial charge on any atom is 0.248 e. The van der Waals surface area contributed by atoms with E-state index in [0.29, 0.717) is 23.3 Å². The van der Waals surface area contributed by atoms with Crippen LogP contribution in [0.3, 0.4) is 0 Å². The third-order valence-electron chi connectivity index (χ3n) is 5.47. The third kappa shape index (κ3) is 6.18. The second kappa shape index (κ2) is 10.6. The molecule has 2 aromatic rings. The Morgan fingerprint density at radius 2 is 1.97 bits per heavy atom. The van der Waals surface area contributed by atoms with E-state index in [2.05, 4.69) is 25.8 Å². The van der Waals surface area contributed by atoms with E-state index in [-0.39, 0.29) is 12.0 Å². The lowest BCUT2D eigenvalue weighted by Gasteiger charge is -2.37. The molecule has 0 radical (unpaired) electrons. The highest BCUT2D eigenvalue weighted by Gasteiger charge is 2.31. The molecule has 0 unspecified atom stereocenters. The maximum absolute atomic E-state index is 9.51. The molecule has 0 atom stereocenters. The van der Waals surface area contributed by atoms with Crippen LogP contribution in [-0.4, -0.2) is 40.9 Å². The number of hydrogen-bond acceptors (Lipinski definition) is 5. The normalized spacial score (nSPS) is 16.6. The highest BCUT2D eigenvalue weighted by molar-refractivity contribution is 6.30. The molecule has 0 bridgehead atoms.